The molecule has 1 aromatic carbocycles. The maximum absolute atomic E-state index is 13.9. The highest BCUT2D eigenvalue weighted by molar-refractivity contribution is 5.93. The van der Waals surface area contributed by atoms with Gasteiger partial charge in [0.05, 0.1) is 0 Å². The predicted molar refractivity (Wildman–Crippen MR) is 135 cm³/mol. The summed E-state index contributed by atoms with van der Waals surface area (Å²) in [4.78, 5) is 52.7. The van der Waals surface area contributed by atoms with Crippen LogP contribution in [-0.4, -0.2) is 52.9 Å². The molecule has 1 aromatic rings. The summed E-state index contributed by atoms with van der Waals surface area (Å²) in [6.45, 7) is 16.3. The average Bonchev–Trinajstić information content (AvgIpc) is 2.70. The lowest BCUT2D eigenvalue weighted by Gasteiger charge is -2.35. The van der Waals surface area contributed by atoms with Crippen LogP contribution in [0.3, 0.4) is 0 Å². The van der Waals surface area contributed by atoms with Gasteiger partial charge in [0.15, 0.2) is 0 Å². The number of primary amides is 1. The van der Waals surface area contributed by atoms with E-state index in [4.69, 9.17) is 10.5 Å². The standard InChI is InChI=1S/C26H40N4O5/c1-9-15-30(22(23(32)28-16(2)3)21-17(4)11-10-12-18(21)5)24(33)19(13-14-20(27)31)29-25(34)35-26(6,7)8/h9-12,16,19,22H,1,13-15H2,2-8H3,(H2,27,31)(H,28,32)(H,29,34). The summed E-state index contributed by atoms with van der Waals surface area (Å²) in [5, 5.41) is 5.45. The minimum Gasteiger partial charge on any atom is -0.444 e. The lowest BCUT2D eigenvalue weighted by Crippen LogP contribution is -2.54. The second-order valence-electron chi connectivity index (χ2n) is 9.85. The number of benzene rings is 1. The molecule has 0 saturated carbocycles. The van der Waals surface area contributed by atoms with E-state index in [9.17, 15) is 19.2 Å². The first kappa shape index (κ1) is 29.7. The van der Waals surface area contributed by atoms with Crippen LogP contribution >= 0.6 is 0 Å². The second kappa shape index (κ2) is 12.9. The lowest BCUT2D eigenvalue weighted by molar-refractivity contribution is -0.142. The van der Waals surface area contributed by atoms with Gasteiger partial charge in [0, 0.05) is 19.0 Å². The van der Waals surface area contributed by atoms with Gasteiger partial charge >= 0.3 is 6.09 Å². The monoisotopic (exact) mass is 488 g/mol. The van der Waals surface area contributed by atoms with Crippen LogP contribution in [0, 0.1) is 13.8 Å². The summed E-state index contributed by atoms with van der Waals surface area (Å²) in [7, 11) is 0. The minimum absolute atomic E-state index is 0.0336. The Balaban J connectivity index is 3.54. The summed E-state index contributed by atoms with van der Waals surface area (Å²) in [6.07, 6.45) is 0.515. The fourth-order valence-corrected chi connectivity index (χ4v) is 3.71. The van der Waals surface area contributed by atoms with Crippen molar-refractivity contribution in [2.45, 2.75) is 85.0 Å². The van der Waals surface area contributed by atoms with Gasteiger partial charge in [-0.05, 0) is 71.6 Å². The third-order valence-corrected chi connectivity index (χ3v) is 5.08. The Morgan fingerprint density at radius 3 is 2.14 bits per heavy atom. The molecule has 9 heteroatoms. The third-order valence-electron chi connectivity index (χ3n) is 5.08. The molecule has 2 unspecified atom stereocenters. The molecule has 4 N–H and O–H groups in total. The lowest BCUT2D eigenvalue weighted by atomic mass is 9.93. The van der Waals surface area contributed by atoms with Crippen molar-refractivity contribution in [3.63, 3.8) is 0 Å². The molecular formula is C26H40N4O5. The number of rotatable bonds is 11. The van der Waals surface area contributed by atoms with Gasteiger partial charge in [-0.2, -0.15) is 0 Å². The van der Waals surface area contributed by atoms with Crippen LogP contribution in [0.1, 0.15) is 70.2 Å². The molecule has 0 heterocycles. The number of nitrogens with two attached hydrogens (primary N) is 1. The van der Waals surface area contributed by atoms with Crippen molar-refractivity contribution < 1.29 is 23.9 Å². The van der Waals surface area contributed by atoms with Crippen molar-refractivity contribution in [2.24, 2.45) is 5.73 Å². The Labute approximate surface area is 208 Å². The summed E-state index contributed by atoms with van der Waals surface area (Å²) in [5.74, 6) is -1.53. The molecule has 2 atom stereocenters. The number of nitrogens with zero attached hydrogens (tertiary/aromatic N) is 1. The van der Waals surface area contributed by atoms with Gasteiger partial charge in [-0.25, -0.2) is 4.79 Å². The van der Waals surface area contributed by atoms with E-state index in [1.807, 2.05) is 45.9 Å². The van der Waals surface area contributed by atoms with Crippen molar-refractivity contribution in [3.05, 3.63) is 47.5 Å². The highest BCUT2D eigenvalue weighted by Gasteiger charge is 2.37. The van der Waals surface area contributed by atoms with Crippen molar-refractivity contribution in [2.75, 3.05) is 6.54 Å². The largest absolute Gasteiger partial charge is 0.444 e. The zero-order valence-corrected chi connectivity index (χ0v) is 21.9. The molecule has 9 nitrogen and oxygen atoms in total. The molecule has 0 spiro atoms. The zero-order chi connectivity index (χ0) is 26.9. The molecule has 35 heavy (non-hydrogen) atoms. The number of carbonyl (C=O) groups excluding carboxylic acids is 4. The van der Waals surface area contributed by atoms with E-state index in [0.717, 1.165) is 11.1 Å². The Kier molecular flexibility index (Phi) is 11.0. The van der Waals surface area contributed by atoms with Crippen LogP contribution in [0.5, 0.6) is 0 Å². The molecule has 0 aliphatic carbocycles. The fourth-order valence-electron chi connectivity index (χ4n) is 3.71. The smallest absolute Gasteiger partial charge is 0.408 e. The summed E-state index contributed by atoms with van der Waals surface area (Å²) >= 11 is 0. The van der Waals surface area contributed by atoms with Crippen molar-refractivity contribution in [3.8, 4) is 0 Å². The molecular weight excluding hydrogens is 448 g/mol. The molecule has 194 valence electrons. The number of nitrogens with one attached hydrogen (secondary N) is 2. The second-order valence-corrected chi connectivity index (χ2v) is 9.85. The normalized spacial score (nSPS) is 12.9. The average molecular weight is 489 g/mol. The third kappa shape index (κ3) is 9.42. The fraction of sp³-hybridized carbons (Fsp3) is 0.538. The first-order valence-corrected chi connectivity index (χ1v) is 11.7. The number of hydrogen-bond donors (Lipinski definition) is 3. The van der Waals surface area contributed by atoms with E-state index in [0.29, 0.717) is 5.56 Å². The maximum Gasteiger partial charge on any atom is 0.408 e. The Morgan fingerprint density at radius 1 is 1.11 bits per heavy atom. The first-order valence-electron chi connectivity index (χ1n) is 11.7. The molecule has 0 aliphatic heterocycles. The summed E-state index contributed by atoms with van der Waals surface area (Å²) < 4.78 is 5.31. The van der Waals surface area contributed by atoms with Gasteiger partial charge in [0.2, 0.25) is 17.7 Å². The highest BCUT2D eigenvalue weighted by atomic mass is 16.6. The van der Waals surface area contributed by atoms with Crippen LogP contribution < -0.4 is 16.4 Å². The van der Waals surface area contributed by atoms with Gasteiger partial charge in [-0.1, -0.05) is 24.3 Å². The van der Waals surface area contributed by atoms with Crippen LogP contribution in [0.2, 0.25) is 0 Å². The van der Waals surface area contributed by atoms with E-state index in [1.165, 1.54) is 11.0 Å². The van der Waals surface area contributed by atoms with Crippen LogP contribution in [0.4, 0.5) is 4.79 Å². The molecule has 0 radical (unpaired) electrons. The number of ether oxygens (including phenoxy) is 1. The molecule has 1 rings (SSSR count). The summed E-state index contributed by atoms with van der Waals surface area (Å²) in [6, 6.07) is 3.33. The molecule has 4 amide bonds. The molecule has 0 fully saturated rings. The first-order chi connectivity index (χ1) is 16.2. The van der Waals surface area contributed by atoms with Crippen molar-refractivity contribution >= 4 is 23.8 Å². The predicted octanol–water partition coefficient (Wildman–Crippen LogP) is 3.04. The van der Waals surface area contributed by atoms with E-state index in [2.05, 4.69) is 17.2 Å². The van der Waals surface area contributed by atoms with Crippen molar-refractivity contribution in [1.82, 2.24) is 15.5 Å². The maximum atomic E-state index is 13.9. The number of amides is 4. The zero-order valence-electron chi connectivity index (χ0n) is 21.9. The topological polar surface area (TPSA) is 131 Å². The van der Waals surface area contributed by atoms with Crippen LogP contribution in [-0.2, 0) is 19.1 Å². The molecule has 0 aromatic heterocycles. The van der Waals surface area contributed by atoms with E-state index >= 15 is 0 Å². The van der Waals surface area contributed by atoms with Crippen molar-refractivity contribution in [1.29, 1.82) is 0 Å². The minimum atomic E-state index is -1.14. The van der Waals surface area contributed by atoms with Gasteiger partial charge in [-0.15, -0.1) is 6.58 Å². The Hall–Kier alpha value is -3.36. The summed E-state index contributed by atoms with van der Waals surface area (Å²) in [5.41, 5.74) is 6.88. The molecule has 0 bridgehead atoms. The highest BCUT2D eigenvalue weighted by Crippen LogP contribution is 2.29. The van der Waals surface area contributed by atoms with Gasteiger partial charge in [0.25, 0.3) is 0 Å². The van der Waals surface area contributed by atoms with Crippen LogP contribution in [0.25, 0.3) is 0 Å². The van der Waals surface area contributed by atoms with E-state index < -0.39 is 35.6 Å². The van der Waals surface area contributed by atoms with Gasteiger partial charge < -0.3 is 26.0 Å². The number of hydrogen-bond acceptors (Lipinski definition) is 5. The Bertz CT molecular complexity index is 916. The van der Waals surface area contributed by atoms with Crippen LogP contribution in [0.15, 0.2) is 30.9 Å². The number of aryl methyl sites for hydroxylation is 2. The van der Waals surface area contributed by atoms with Gasteiger partial charge in [0.1, 0.15) is 17.7 Å². The number of carbonyl (C=O) groups is 4. The van der Waals surface area contributed by atoms with Gasteiger partial charge in [-0.3, -0.25) is 14.4 Å². The van der Waals surface area contributed by atoms with E-state index in [1.54, 1.807) is 20.8 Å². The quantitative estimate of drug-likeness (QED) is 0.412. The SMILES string of the molecule is C=CCN(C(=O)C(CCC(N)=O)NC(=O)OC(C)(C)C)C(C(=O)NC(C)C)c1c(C)cccc1C. The van der Waals surface area contributed by atoms with E-state index in [-0.39, 0.29) is 31.3 Å². The molecule has 0 saturated heterocycles. The Morgan fingerprint density at radius 2 is 1.69 bits per heavy atom. The molecule has 0 aliphatic rings. The number of alkyl carbamates (subject to hydrolysis) is 1.